The van der Waals surface area contributed by atoms with E-state index < -0.39 is 0 Å². The van der Waals surface area contributed by atoms with Crippen molar-refractivity contribution >= 4 is 21.7 Å². The molecule has 2 N–H and O–H groups in total. The fraction of sp³-hybridized carbons (Fsp3) is 0.0714. The maximum Gasteiger partial charge on any atom is 0.269 e. The van der Waals surface area contributed by atoms with E-state index in [0.717, 1.165) is 27.2 Å². The first kappa shape index (κ1) is 9.90. The Morgan fingerprint density at radius 3 is 2.65 bits per heavy atom. The fourth-order valence-corrected chi connectivity index (χ4v) is 2.28. The number of aromatic nitrogens is 1. The van der Waals surface area contributed by atoms with Gasteiger partial charge in [-0.05, 0) is 17.9 Å². The summed E-state index contributed by atoms with van der Waals surface area (Å²) in [5.41, 5.74) is 1.58. The second-order valence-corrected chi connectivity index (χ2v) is 4.22. The van der Waals surface area contributed by atoms with Crippen LogP contribution >= 0.6 is 0 Å². The van der Waals surface area contributed by atoms with Gasteiger partial charge in [-0.25, -0.2) is 4.68 Å². The predicted octanol–water partition coefficient (Wildman–Crippen LogP) is 2.18. The molecule has 3 aromatic rings. The largest absolute Gasteiger partial charge is 0.336 e. The maximum atomic E-state index is 11.7. The zero-order valence-corrected chi connectivity index (χ0v) is 9.47. The van der Waals surface area contributed by atoms with Crippen molar-refractivity contribution in [3.05, 3.63) is 58.4 Å². The number of nitrogens with two attached hydrogens (primary N) is 1. The minimum Gasteiger partial charge on any atom is -0.336 e. The average Bonchev–Trinajstić information content (AvgIpc) is 2.35. The number of benzene rings is 2. The number of hydrogen-bond acceptors (Lipinski definition) is 2. The van der Waals surface area contributed by atoms with Gasteiger partial charge in [0.05, 0.1) is 5.52 Å². The molecule has 3 rings (SSSR count). The summed E-state index contributed by atoms with van der Waals surface area (Å²) in [4.78, 5) is 11.7. The van der Waals surface area contributed by atoms with Crippen LogP contribution in [-0.4, -0.2) is 4.68 Å². The topological polar surface area (TPSA) is 48.0 Å². The van der Waals surface area contributed by atoms with Crippen LogP contribution < -0.4 is 11.4 Å². The Morgan fingerprint density at radius 2 is 1.82 bits per heavy atom. The van der Waals surface area contributed by atoms with E-state index in [1.165, 1.54) is 4.68 Å². The second-order valence-electron chi connectivity index (χ2n) is 4.22. The number of fused-ring (bicyclic) bond motifs is 3. The van der Waals surface area contributed by atoms with Crippen molar-refractivity contribution in [1.82, 2.24) is 4.68 Å². The highest BCUT2D eigenvalue weighted by Crippen LogP contribution is 2.25. The third-order valence-electron chi connectivity index (χ3n) is 3.14. The summed E-state index contributed by atoms with van der Waals surface area (Å²) in [7, 11) is 0. The molecule has 17 heavy (non-hydrogen) atoms. The minimum atomic E-state index is -0.175. The molecule has 0 aliphatic rings. The highest BCUT2D eigenvalue weighted by molar-refractivity contribution is 6.06. The molecule has 0 amide bonds. The lowest BCUT2D eigenvalue weighted by atomic mass is 10.0. The third-order valence-corrected chi connectivity index (χ3v) is 3.14. The summed E-state index contributed by atoms with van der Waals surface area (Å²) in [6.45, 7) is 1.93. The molecule has 84 valence electrons. The molecule has 0 fully saturated rings. The van der Waals surface area contributed by atoms with Crippen LogP contribution in [0.5, 0.6) is 0 Å². The van der Waals surface area contributed by atoms with Crippen LogP contribution in [0.2, 0.25) is 0 Å². The van der Waals surface area contributed by atoms with Gasteiger partial charge in [0.15, 0.2) is 0 Å². The standard InChI is InChI=1S/C14H12N2O/c1-9-8-13(17)16(15)14-11(9)7-6-10-4-2-3-5-12(10)14/h2-8H,15H2,1H3. The van der Waals surface area contributed by atoms with E-state index in [1.54, 1.807) is 6.07 Å². The molecule has 0 bridgehead atoms. The molecule has 0 atom stereocenters. The van der Waals surface area contributed by atoms with Crippen molar-refractivity contribution in [1.29, 1.82) is 0 Å². The molecule has 3 heteroatoms. The number of nitrogen functional groups attached to an aromatic ring is 1. The van der Waals surface area contributed by atoms with E-state index in [9.17, 15) is 4.79 Å². The summed E-state index contributed by atoms with van der Waals surface area (Å²) in [5.74, 6) is 5.86. The van der Waals surface area contributed by atoms with Gasteiger partial charge in [-0.1, -0.05) is 36.4 Å². The molecule has 0 spiro atoms. The van der Waals surface area contributed by atoms with E-state index in [0.29, 0.717) is 0 Å². The monoisotopic (exact) mass is 224 g/mol. The zero-order chi connectivity index (χ0) is 12.0. The van der Waals surface area contributed by atoms with E-state index >= 15 is 0 Å². The van der Waals surface area contributed by atoms with Crippen LogP contribution in [-0.2, 0) is 0 Å². The van der Waals surface area contributed by atoms with E-state index in [-0.39, 0.29) is 5.56 Å². The number of aryl methyl sites for hydroxylation is 1. The van der Waals surface area contributed by atoms with Crippen molar-refractivity contribution < 1.29 is 0 Å². The van der Waals surface area contributed by atoms with Gasteiger partial charge in [0, 0.05) is 16.8 Å². The number of rotatable bonds is 0. The zero-order valence-electron chi connectivity index (χ0n) is 9.47. The lowest BCUT2D eigenvalue weighted by Crippen LogP contribution is -2.27. The van der Waals surface area contributed by atoms with E-state index in [4.69, 9.17) is 5.84 Å². The SMILES string of the molecule is Cc1cc(=O)n(N)c2c1ccc1ccccc12. The molecule has 0 saturated carbocycles. The molecule has 0 aliphatic heterocycles. The lowest BCUT2D eigenvalue weighted by Gasteiger charge is -2.10. The Bertz CT molecular complexity index is 787. The van der Waals surface area contributed by atoms with Crippen LogP contribution in [0.1, 0.15) is 5.56 Å². The van der Waals surface area contributed by atoms with Crippen molar-refractivity contribution in [3.63, 3.8) is 0 Å². The van der Waals surface area contributed by atoms with Gasteiger partial charge < -0.3 is 5.84 Å². The van der Waals surface area contributed by atoms with Gasteiger partial charge in [0.1, 0.15) is 0 Å². The molecule has 0 aliphatic carbocycles. The van der Waals surface area contributed by atoms with Gasteiger partial charge in [0.25, 0.3) is 5.56 Å². The normalized spacial score (nSPS) is 11.1. The quantitative estimate of drug-likeness (QED) is 0.470. The van der Waals surface area contributed by atoms with Crippen molar-refractivity contribution in [2.75, 3.05) is 5.84 Å². The molecular weight excluding hydrogens is 212 g/mol. The van der Waals surface area contributed by atoms with E-state index in [2.05, 4.69) is 6.07 Å². The third kappa shape index (κ3) is 1.32. The van der Waals surface area contributed by atoms with Crippen molar-refractivity contribution in [2.24, 2.45) is 0 Å². The first-order chi connectivity index (χ1) is 8.18. The summed E-state index contributed by atoms with van der Waals surface area (Å²) < 4.78 is 1.23. The molecular formula is C14H12N2O. The van der Waals surface area contributed by atoms with Crippen molar-refractivity contribution in [2.45, 2.75) is 6.92 Å². The first-order valence-electron chi connectivity index (χ1n) is 5.47. The molecule has 0 saturated heterocycles. The van der Waals surface area contributed by atoms with Crippen LogP contribution in [0, 0.1) is 6.92 Å². The highest BCUT2D eigenvalue weighted by Gasteiger charge is 2.07. The Kier molecular flexibility index (Phi) is 1.95. The van der Waals surface area contributed by atoms with Gasteiger partial charge in [-0.2, -0.15) is 0 Å². The minimum absolute atomic E-state index is 0.175. The summed E-state index contributed by atoms with van der Waals surface area (Å²) >= 11 is 0. The molecule has 0 radical (unpaired) electrons. The number of nitrogens with zero attached hydrogens (tertiary/aromatic N) is 1. The first-order valence-corrected chi connectivity index (χ1v) is 5.47. The number of pyridine rings is 1. The van der Waals surface area contributed by atoms with Crippen LogP contribution in [0.4, 0.5) is 0 Å². The molecule has 2 aromatic carbocycles. The number of hydrogen-bond donors (Lipinski definition) is 1. The average molecular weight is 224 g/mol. The lowest BCUT2D eigenvalue weighted by molar-refractivity contribution is 0.988. The summed E-state index contributed by atoms with van der Waals surface area (Å²) in [6, 6.07) is 13.6. The Hall–Kier alpha value is -2.29. The molecule has 0 unspecified atom stereocenters. The van der Waals surface area contributed by atoms with E-state index in [1.807, 2.05) is 37.3 Å². The van der Waals surface area contributed by atoms with Crippen molar-refractivity contribution in [3.8, 4) is 0 Å². The molecule has 3 nitrogen and oxygen atoms in total. The maximum absolute atomic E-state index is 11.7. The van der Waals surface area contributed by atoms with Gasteiger partial charge in [-0.15, -0.1) is 0 Å². The van der Waals surface area contributed by atoms with Gasteiger partial charge >= 0.3 is 0 Å². The molecule has 1 aromatic heterocycles. The van der Waals surface area contributed by atoms with Gasteiger partial charge in [-0.3, -0.25) is 4.79 Å². The van der Waals surface area contributed by atoms with Crippen LogP contribution in [0.3, 0.4) is 0 Å². The van der Waals surface area contributed by atoms with Crippen LogP contribution in [0.25, 0.3) is 21.7 Å². The van der Waals surface area contributed by atoms with Crippen LogP contribution in [0.15, 0.2) is 47.3 Å². The summed E-state index contributed by atoms with van der Waals surface area (Å²) in [5, 5.41) is 3.11. The Labute approximate surface area is 98.1 Å². The smallest absolute Gasteiger partial charge is 0.269 e. The Morgan fingerprint density at radius 1 is 1.06 bits per heavy atom. The Balaban J connectivity index is 2.70. The predicted molar refractivity (Wildman–Crippen MR) is 70.6 cm³/mol. The second kappa shape index (κ2) is 3.35. The fourth-order valence-electron chi connectivity index (χ4n) is 2.28. The van der Waals surface area contributed by atoms with Gasteiger partial charge in [0.2, 0.25) is 0 Å². The highest BCUT2D eigenvalue weighted by atomic mass is 16.1. The summed E-state index contributed by atoms with van der Waals surface area (Å²) in [6.07, 6.45) is 0. The molecule has 1 heterocycles.